The van der Waals surface area contributed by atoms with Crippen LogP contribution in [0.5, 0.6) is 0 Å². The Morgan fingerprint density at radius 3 is 1.22 bits per heavy atom. The predicted molar refractivity (Wildman–Crippen MR) is 54.2 cm³/mol. The van der Waals surface area contributed by atoms with Crippen LogP contribution in [0.2, 0.25) is 0 Å². The van der Waals surface area contributed by atoms with Gasteiger partial charge in [0.15, 0.2) is 11.6 Å². The number of carbonyl (C=O) groups excluding carboxylic acids is 2. The van der Waals surface area contributed by atoms with Crippen LogP contribution in [0.4, 0.5) is 0 Å². The molecule has 0 aromatic heterocycles. The Balaban J connectivity index is 4.68. The van der Waals surface area contributed by atoms with Crippen LogP contribution in [0.1, 0.15) is 0 Å². The first kappa shape index (κ1) is 17.1. The molecule has 18 heavy (non-hydrogen) atoms. The molecule has 4 unspecified atom stereocenters. The Morgan fingerprint density at radius 2 is 1.00 bits per heavy atom. The Hall–Kier alpha value is -0.940. The van der Waals surface area contributed by atoms with Gasteiger partial charge >= 0.3 is 0 Å². The molecule has 0 aliphatic rings. The van der Waals surface area contributed by atoms with Gasteiger partial charge in [-0.3, -0.25) is 9.59 Å². The third kappa shape index (κ3) is 4.07. The Kier molecular flexibility index (Phi) is 7.09. The van der Waals surface area contributed by atoms with Crippen molar-refractivity contribution in [2.75, 3.05) is 13.2 Å². The van der Waals surface area contributed by atoms with E-state index in [-0.39, 0.29) is 0 Å². The minimum atomic E-state index is -2.32. The lowest BCUT2D eigenvalue weighted by Crippen LogP contribution is -2.51. The van der Waals surface area contributed by atoms with Crippen molar-refractivity contribution in [2.24, 2.45) is 0 Å². The zero-order valence-corrected chi connectivity index (χ0v) is 9.25. The van der Waals surface area contributed by atoms with Crippen LogP contribution in [0, 0.1) is 0 Å². The standard InChI is InChI=1S/C9H16O9/c10-1-3(12)5(14)7(16)9(18)8(17)6(15)4(13)2-11/h3-4,7-13,16-18H,1-2H2. The molecule has 0 amide bonds. The van der Waals surface area contributed by atoms with E-state index in [0.717, 1.165) is 0 Å². The summed E-state index contributed by atoms with van der Waals surface area (Å²) in [5.41, 5.74) is 0. The number of carbonyl (C=O) groups is 2. The molecule has 0 spiro atoms. The highest BCUT2D eigenvalue weighted by atomic mass is 16.4. The Morgan fingerprint density at radius 1 is 0.722 bits per heavy atom. The molecule has 4 atom stereocenters. The van der Waals surface area contributed by atoms with Crippen molar-refractivity contribution >= 4 is 11.6 Å². The van der Waals surface area contributed by atoms with E-state index in [0.29, 0.717) is 0 Å². The number of hydrogen-bond acceptors (Lipinski definition) is 9. The second-order valence-corrected chi connectivity index (χ2v) is 3.58. The maximum atomic E-state index is 11.1. The van der Waals surface area contributed by atoms with E-state index in [1.807, 2.05) is 0 Å². The van der Waals surface area contributed by atoms with Crippen LogP contribution in [-0.2, 0) is 9.59 Å². The largest absolute Gasteiger partial charge is 0.393 e. The molecule has 0 radical (unpaired) electrons. The fourth-order valence-corrected chi connectivity index (χ4v) is 1.08. The summed E-state index contributed by atoms with van der Waals surface area (Å²) in [6.45, 7) is -2.02. The Bertz CT molecular complexity index is 264. The quantitative estimate of drug-likeness (QED) is 0.227. The molecule has 0 aliphatic carbocycles. The molecule has 0 aliphatic heterocycles. The SMILES string of the molecule is O=C(C(O)CO)C(O)C(O)C(O)C(=O)C(O)CO. The van der Waals surface area contributed by atoms with E-state index < -0.39 is 55.3 Å². The smallest absolute Gasteiger partial charge is 0.194 e. The van der Waals surface area contributed by atoms with E-state index in [4.69, 9.17) is 20.4 Å². The fourth-order valence-electron chi connectivity index (χ4n) is 1.08. The lowest BCUT2D eigenvalue weighted by molar-refractivity contribution is -0.157. The number of aliphatic hydroxyl groups is 7. The third-order valence-electron chi connectivity index (χ3n) is 2.23. The average Bonchev–Trinajstić information content (AvgIpc) is 2.40. The summed E-state index contributed by atoms with van der Waals surface area (Å²) in [7, 11) is 0. The number of ketones is 2. The average molecular weight is 268 g/mol. The van der Waals surface area contributed by atoms with Gasteiger partial charge in [-0.25, -0.2) is 0 Å². The molecular formula is C9H16O9. The molecule has 0 rings (SSSR count). The van der Waals surface area contributed by atoms with Gasteiger partial charge in [-0.15, -0.1) is 0 Å². The van der Waals surface area contributed by atoms with E-state index in [9.17, 15) is 24.9 Å². The second kappa shape index (κ2) is 7.48. The van der Waals surface area contributed by atoms with Crippen molar-refractivity contribution in [3.8, 4) is 0 Å². The summed E-state index contributed by atoms with van der Waals surface area (Å²) < 4.78 is 0. The molecule has 0 saturated carbocycles. The minimum Gasteiger partial charge on any atom is -0.393 e. The maximum absolute atomic E-state index is 11.1. The summed E-state index contributed by atoms with van der Waals surface area (Å²) in [5.74, 6) is -2.79. The maximum Gasteiger partial charge on any atom is 0.194 e. The van der Waals surface area contributed by atoms with Gasteiger partial charge in [0.1, 0.15) is 30.5 Å². The van der Waals surface area contributed by atoms with Crippen LogP contribution in [0.3, 0.4) is 0 Å². The highest BCUT2D eigenvalue weighted by molar-refractivity contribution is 5.91. The van der Waals surface area contributed by atoms with Gasteiger partial charge < -0.3 is 35.7 Å². The van der Waals surface area contributed by atoms with Gasteiger partial charge in [-0.2, -0.15) is 0 Å². The summed E-state index contributed by atoms with van der Waals surface area (Å²) in [5, 5.41) is 62.4. The first-order valence-electron chi connectivity index (χ1n) is 4.97. The molecule has 0 heterocycles. The first-order valence-corrected chi connectivity index (χ1v) is 4.97. The number of Topliss-reactive ketones (excluding diaryl/α,β-unsaturated/α-hetero) is 2. The van der Waals surface area contributed by atoms with Crippen LogP contribution < -0.4 is 0 Å². The predicted octanol–water partition coefficient (Wildman–Crippen LogP) is -5.09. The van der Waals surface area contributed by atoms with Crippen molar-refractivity contribution in [3.05, 3.63) is 0 Å². The van der Waals surface area contributed by atoms with Gasteiger partial charge in [0.2, 0.25) is 0 Å². The highest BCUT2D eigenvalue weighted by Gasteiger charge is 2.38. The van der Waals surface area contributed by atoms with Crippen molar-refractivity contribution in [2.45, 2.75) is 30.5 Å². The van der Waals surface area contributed by atoms with Crippen LogP contribution in [-0.4, -0.2) is 91.0 Å². The molecule has 7 N–H and O–H groups in total. The van der Waals surface area contributed by atoms with Gasteiger partial charge in [-0.1, -0.05) is 0 Å². The molecule has 9 heteroatoms. The van der Waals surface area contributed by atoms with E-state index in [1.54, 1.807) is 0 Å². The van der Waals surface area contributed by atoms with Gasteiger partial charge in [0.25, 0.3) is 0 Å². The molecule has 106 valence electrons. The molecule has 0 fully saturated rings. The molecule has 0 aromatic rings. The van der Waals surface area contributed by atoms with Crippen LogP contribution in [0.25, 0.3) is 0 Å². The van der Waals surface area contributed by atoms with E-state index >= 15 is 0 Å². The fraction of sp³-hybridized carbons (Fsp3) is 0.778. The highest BCUT2D eigenvalue weighted by Crippen LogP contribution is 2.07. The first-order chi connectivity index (χ1) is 8.27. The second-order valence-electron chi connectivity index (χ2n) is 3.58. The third-order valence-corrected chi connectivity index (χ3v) is 2.23. The summed E-state index contributed by atoms with van der Waals surface area (Å²) in [6.07, 6.45) is -10.9. The molecular weight excluding hydrogens is 252 g/mol. The zero-order valence-electron chi connectivity index (χ0n) is 9.25. The van der Waals surface area contributed by atoms with Crippen molar-refractivity contribution < 1.29 is 45.3 Å². The minimum absolute atomic E-state index is 1.01. The van der Waals surface area contributed by atoms with Gasteiger partial charge in [0, 0.05) is 0 Å². The van der Waals surface area contributed by atoms with E-state index in [1.165, 1.54) is 0 Å². The topological polar surface area (TPSA) is 176 Å². The molecule has 0 bridgehead atoms. The summed E-state index contributed by atoms with van der Waals surface area (Å²) in [4.78, 5) is 22.3. The van der Waals surface area contributed by atoms with Gasteiger partial charge in [0.05, 0.1) is 13.2 Å². The van der Waals surface area contributed by atoms with Crippen LogP contribution >= 0.6 is 0 Å². The van der Waals surface area contributed by atoms with Crippen LogP contribution in [0.15, 0.2) is 0 Å². The molecule has 0 aromatic carbocycles. The number of hydrogen-bond donors (Lipinski definition) is 7. The number of aliphatic hydroxyl groups excluding tert-OH is 7. The van der Waals surface area contributed by atoms with Crippen molar-refractivity contribution in [1.82, 2.24) is 0 Å². The zero-order chi connectivity index (χ0) is 14.5. The lowest BCUT2D eigenvalue weighted by atomic mass is 9.97. The molecule has 0 saturated heterocycles. The summed E-state index contributed by atoms with van der Waals surface area (Å²) in [6, 6.07) is 0. The van der Waals surface area contributed by atoms with Crippen molar-refractivity contribution in [3.63, 3.8) is 0 Å². The monoisotopic (exact) mass is 268 g/mol. The summed E-state index contributed by atoms with van der Waals surface area (Å²) >= 11 is 0. The van der Waals surface area contributed by atoms with E-state index in [2.05, 4.69) is 0 Å². The number of rotatable bonds is 8. The Labute approximate surface area is 102 Å². The lowest BCUT2D eigenvalue weighted by Gasteiger charge is -2.23. The normalized spacial score (nSPS) is 19.7. The van der Waals surface area contributed by atoms with Crippen molar-refractivity contribution in [1.29, 1.82) is 0 Å². The van der Waals surface area contributed by atoms with Gasteiger partial charge in [-0.05, 0) is 0 Å². The molecule has 9 nitrogen and oxygen atoms in total.